The van der Waals surface area contributed by atoms with Crippen LogP contribution in [0.1, 0.15) is 53.4 Å². The predicted octanol–water partition coefficient (Wildman–Crippen LogP) is 3.39. The van der Waals surface area contributed by atoms with Gasteiger partial charge in [-0.05, 0) is 27.2 Å². The van der Waals surface area contributed by atoms with Crippen molar-refractivity contribution in [2.75, 3.05) is 6.61 Å². The Morgan fingerprint density at radius 3 is 2.31 bits per heavy atom. The normalized spacial score (nSPS) is 10.8. The summed E-state index contributed by atoms with van der Waals surface area (Å²) >= 11 is 0. The molecule has 0 aliphatic carbocycles. The highest BCUT2D eigenvalue weighted by Crippen LogP contribution is 2.05. The molecule has 0 saturated heterocycles. The average molecular weight is 182 g/mol. The molecule has 0 heterocycles. The fourth-order valence-corrected chi connectivity index (χ4v) is 0.855. The lowest BCUT2D eigenvalue weighted by molar-refractivity contribution is 0.0181. The van der Waals surface area contributed by atoms with E-state index in [4.69, 9.17) is 4.74 Å². The van der Waals surface area contributed by atoms with Crippen molar-refractivity contribution in [3.05, 3.63) is 0 Å². The van der Waals surface area contributed by atoms with Crippen LogP contribution in [-0.4, -0.2) is 12.2 Å². The van der Waals surface area contributed by atoms with Gasteiger partial charge in [0.15, 0.2) is 0 Å². The number of unbranched alkanes of at least 4 members (excludes halogenated alkanes) is 3. The molecule has 0 aromatic carbocycles. The molecule has 0 fully saturated rings. The van der Waals surface area contributed by atoms with Crippen LogP contribution in [0.2, 0.25) is 0 Å². The maximum Gasteiger partial charge on any atom is 0.108 e. The maximum absolute atomic E-state index is 5.46. The smallest absolute Gasteiger partial charge is 0.108 e. The van der Waals surface area contributed by atoms with Crippen molar-refractivity contribution in [1.29, 1.82) is 0 Å². The number of ether oxygens (including phenoxy) is 1. The van der Waals surface area contributed by atoms with Gasteiger partial charge in [-0.2, -0.15) is 0 Å². The Hall–Kier alpha value is -0.480. The van der Waals surface area contributed by atoms with Gasteiger partial charge in [-0.25, -0.2) is 0 Å². The molecule has 0 aliphatic rings. The van der Waals surface area contributed by atoms with E-state index >= 15 is 0 Å². The molecule has 0 saturated carbocycles. The zero-order valence-corrected chi connectivity index (χ0v) is 9.44. The Kier molecular flexibility index (Phi) is 6.72. The predicted molar refractivity (Wildman–Crippen MR) is 57.6 cm³/mol. The molecule has 0 spiro atoms. The molecule has 13 heavy (non-hydrogen) atoms. The first-order valence-electron chi connectivity index (χ1n) is 5.16. The largest absolute Gasteiger partial charge is 0.363 e. The molecule has 1 nitrogen and oxygen atoms in total. The van der Waals surface area contributed by atoms with Gasteiger partial charge in [-0.3, -0.25) is 0 Å². The Labute approximate surface area is 82.9 Å². The molecule has 0 bridgehead atoms. The third-order valence-electron chi connectivity index (χ3n) is 1.61. The molecule has 0 aromatic rings. The van der Waals surface area contributed by atoms with Crippen LogP contribution in [0.4, 0.5) is 0 Å². The van der Waals surface area contributed by atoms with E-state index in [1.165, 1.54) is 19.3 Å². The molecule has 0 N–H and O–H groups in total. The van der Waals surface area contributed by atoms with Gasteiger partial charge < -0.3 is 4.74 Å². The van der Waals surface area contributed by atoms with Gasteiger partial charge in [-0.15, -0.1) is 5.92 Å². The maximum atomic E-state index is 5.46. The summed E-state index contributed by atoms with van der Waals surface area (Å²) in [6.45, 7) is 8.91. The highest BCUT2D eigenvalue weighted by molar-refractivity contribution is 4.99. The minimum atomic E-state index is -0.0574. The number of hydrogen-bond donors (Lipinski definition) is 0. The highest BCUT2D eigenvalue weighted by atomic mass is 16.5. The minimum Gasteiger partial charge on any atom is -0.363 e. The second-order valence-corrected chi connectivity index (χ2v) is 4.21. The van der Waals surface area contributed by atoms with Crippen LogP contribution < -0.4 is 0 Å². The first-order chi connectivity index (χ1) is 6.06. The zero-order valence-electron chi connectivity index (χ0n) is 9.44. The molecule has 0 rings (SSSR count). The van der Waals surface area contributed by atoms with Crippen molar-refractivity contribution in [3.8, 4) is 11.8 Å². The highest BCUT2D eigenvalue weighted by Gasteiger charge is 2.07. The Bertz CT molecular complexity index is 166. The monoisotopic (exact) mass is 182 g/mol. The topological polar surface area (TPSA) is 9.23 Å². The van der Waals surface area contributed by atoms with E-state index in [0.717, 1.165) is 6.42 Å². The van der Waals surface area contributed by atoms with Crippen LogP contribution in [0.3, 0.4) is 0 Å². The van der Waals surface area contributed by atoms with Crippen molar-refractivity contribution in [2.24, 2.45) is 0 Å². The van der Waals surface area contributed by atoms with E-state index in [9.17, 15) is 0 Å². The van der Waals surface area contributed by atoms with Crippen LogP contribution in [-0.2, 0) is 4.74 Å². The molecule has 0 radical (unpaired) electrons. The van der Waals surface area contributed by atoms with E-state index < -0.39 is 0 Å². The third-order valence-corrected chi connectivity index (χ3v) is 1.61. The molecular weight excluding hydrogens is 160 g/mol. The fourth-order valence-electron chi connectivity index (χ4n) is 0.855. The summed E-state index contributed by atoms with van der Waals surface area (Å²) in [5.74, 6) is 6.15. The second kappa shape index (κ2) is 6.97. The Morgan fingerprint density at radius 1 is 1.08 bits per heavy atom. The van der Waals surface area contributed by atoms with Gasteiger partial charge in [-0.1, -0.05) is 25.7 Å². The fraction of sp³-hybridized carbons (Fsp3) is 0.833. The van der Waals surface area contributed by atoms with Crippen molar-refractivity contribution in [1.82, 2.24) is 0 Å². The molecular formula is C12H22O. The summed E-state index contributed by atoms with van der Waals surface area (Å²) in [5.41, 5.74) is -0.0574. The van der Waals surface area contributed by atoms with E-state index in [1.54, 1.807) is 0 Å². The first-order valence-corrected chi connectivity index (χ1v) is 5.16. The van der Waals surface area contributed by atoms with Crippen molar-refractivity contribution < 1.29 is 4.74 Å². The van der Waals surface area contributed by atoms with Crippen molar-refractivity contribution in [3.63, 3.8) is 0 Å². The van der Waals surface area contributed by atoms with E-state index in [-0.39, 0.29) is 5.60 Å². The van der Waals surface area contributed by atoms with Gasteiger partial charge in [0, 0.05) is 6.42 Å². The molecule has 0 unspecified atom stereocenters. The Balaban J connectivity index is 3.30. The van der Waals surface area contributed by atoms with Crippen LogP contribution in [0.25, 0.3) is 0 Å². The van der Waals surface area contributed by atoms with Gasteiger partial charge in [0.1, 0.15) is 6.61 Å². The molecule has 0 aliphatic heterocycles. The number of rotatable bonds is 4. The van der Waals surface area contributed by atoms with Gasteiger partial charge in [0.2, 0.25) is 0 Å². The van der Waals surface area contributed by atoms with Gasteiger partial charge in [0.05, 0.1) is 5.60 Å². The first kappa shape index (κ1) is 12.5. The van der Waals surface area contributed by atoms with Crippen molar-refractivity contribution >= 4 is 0 Å². The van der Waals surface area contributed by atoms with Gasteiger partial charge >= 0.3 is 0 Å². The van der Waals surface area contributed by atoms with E-state index in [1.807, 2.05) is 20.8 Å². The van der Waals surface area contributed by atoms with E-state index in [0.29, 0.717) is 6.61 Å². The molecule has 0 amide bonds. The third kappa shape index (κ3) is 11.5. The molecule has 1 heteroatoms. The lowest BCUT2D eigenvalue weighted by Gasteiger charge is -2.16. The molecule has 0 aromatic heterocycles. The lowest BCUT2D eigenvalue weighted by atomic mass is 10.2. The summed E-state index contributed by atoms with van der Waals surface area (Å²) in [4.78, 5) is 0. The summed E-state index contributed by atoms with van der Waals surface area (Å²) in [6.07, 6.45) is 4.79. The van der Waals surface area contributed by atoms with E-state index in [2.05, 4.69) is 18.8 Å². The quantitative estimate of drug-likeness (QED) is 0.478. The van der Waals surface area contributed by atoms with Crippen LogP contribution in [0, 0.1) is 11.8 Å². The SMILES string of the molecule is CCCCCC#CCOC(C)(C)C. The standard InChI is InChI=1S/C12H22O/c1-5-6-7-8-9-10-11-13-12(2,3)4/h5-8,11H2,1-4H3. The molecule has 76 valence electrons. The van der Waals surface area contributed by atoms with Gasteiger partial charge in [0.25, 0.3) is 0 Å². The van der Waals surface area contributed by atoms with Crippen LogP contribution in [0.5, 0.6) is 0 Å². The summed E-state index contributed by atoms with van der Waals surface area (Å²) < 4.78 is 5.46. The summed E-state index contributed by atoms with van der Waals surface area (Å²) in [6, 6.07) is 0. The summed E-state index contributed by atoms with van der Waals surface area (Å²) in [7, 11) is 0. The second-order valence-electron chi connectivity index (χ2n) is 4.21. The zero-order chi connectivity index (χ0) is 10.2. The van der Waals surface area contributed by atoms with Crippen LogP contribution in [0.15, 0.2) is 0 Å². The number of hydrogen-bond acceptors (Lipinski definition) is 1. The lowest BCUT2D eigenvalue weighted by Crippen LogP contribution is -2.18. The minimum absolute atomic E-state index is 0.0574. The molecule has 0 atom stereocenters. The van der Waals surface area contributed by atoms with Crippen LogP contribution >= 0.6 is 0 Å². The average Bonchev–Trinajstić information content (AvgIpc) is 2.01. The summed E-state index contributed by atoms with van der Waals surface area (Å²) in [5, 5.41) is 0. The van der Waals surface area contributed by atoms with Crippen molar-refractivity contribution in [2.45, 2.75) is 59.0 Å². The Morgan fingerprint density at radius 2 is 1.77 bits per heavy atom.